The fraction of sp³-hybridized carbons (Fsp3) is 0.259. The van der Waals surface area contributed by atoms with E-state index in [9.17, 15) is 9.59 Å². The van der Waals surface area contributed by atoms with Crippen LogP contribution < -0.4 is 15.5 Å². The van der Waals surface area contributed by atoms with Gasteiger partial charge in [-0.1, -0.05) is 54.6 Å². The third-order valence-corrected chi connectivity index (χ3v) is 5.88. The molecule has 4 rings (SSSR count). The molecule has 1 saturated heterocycles. The number of aryl methyl sites for hydroxylation is 2. The maximum absolute atomic E-state index is 13.2. The van der Waals surface area contributed by atoms with Crippen molar-refractivity contribution < 1.29 is 9.59 Å². The molecule has 2 N–H and O–H groups in total. The Morgan fingerprint density at radius 1 is 1.00 bits per heavy atom. The largest absolute Gasteiger partial charge is 0.324 e. The minimum Gasteiger partial charge on any atom is -0.324 e. The van der Waals surface area contributed by atoms with Crippen molar-refractivity contribution in [2.75, 3.05) is 16.8 Å². The van der Waals surface area contributed by atoms with Gasteiger partial charge in [-0.25, -0.2) is 0 Å². The first kappa shape index (κ1) is 21.8. The first-order chi connectivity index (χ1) is 15.5. The highest BCUT2D eigenvalue weighted by atomic mass is 16.2. The summed E-state index contributed by atoms with van der Waals surface area (Å²) in [6.45, 7) is 5.33. The fourth-order valence-electron chi connectivity index (χ4n) is 4.02. The van der Waals surface area contributed by atoms with Crippen molar-refractivity contribution >= 4 is 23.2 Å². The van der Waals surface area contributed by atoms with Crippen LogP contribution in [0.4, 0.5) is 11.4 Å². The van der Waals surface area contributed by atoms with Crippen LogP contribution in [0.25, 0.3) is 0 Å². The van der Waals surface area contributed by atoms with Gasteiger partial charge >= 0.3 is 0 Å². The standard InChI is InChI=1S/C27H29N3O2/c1-19-10-11-20(2)24(17-19)29-27(32)26(22-7-4-3-5-8-22)28-18-21-12-14-23(15-13-21)30-16-6-9-25(30)31/h3-5,7-8,10-15,17,26,28H,6,9,16,18H2,1-2H3,(H,29,32)/t26-/m0/s1. The van der Waals surface area contributed by atoms with E-state index < -0.39 is 6.04 Å². The van der Waals surface area contributed by atoms with Crippen LogP contribution in [0.1, 0.15) is 41.1 Å². The van der Waals surface area contributed by atoms with Crippen molar-refractivity contribution in [2.45, 2.75) is 39.3 Å². The van der Waals surface area contributed by atoms with Gasteiger partial charge in [-0.3, -0.25) is 14.9 Å². The minimum absolute atomic E-state index is 0.0933. The lowest BCUT2D eigenvalue weighted by Crippen LogP contribution is -2.33. The predicted molar refractivity (Wildman–Crippen MR) is 129 cm³/mol. The zero-order valence-corrected chi connectivity index (χ0v) is 18.6. The summed E-state index contributed by atoms with van der Waals surface area (Å²) in [5, 5.41) is 6.50. The van der Waals surface area contributed by atoms with Crippen molar-refractivity contribution in [1.82, 2.24) is 5.32 Å². The van der Waals surface area contributed by atoms with E-state index in [2.05, 4.69) is 10.6 Å². The zero-order chi connectivity index (χ0) is 22.5. The average molecular weight is 428 g/mol. The molecule has 1 fully saturated rings. The lowest BCUT2D eigenvalue weighted by atomic mass is 10.0. The van der Waals surface area contributed by atoms with E-state index in [0.717, 1.165) is 46.6 Å². The van der Waals surface area contributed by atoms with Gasteiger partial charge in [0.1, 0.15) is 6.04 Å². The molecule has 3 aromatic rings. The smallest absolute Gasteiger partial charge is 0.246 e. The molecule has 5 heteroatoms. The maximum Gasteiger partial charge on any atom is 0.246 e. The molecular weight excluding hydrogens is 398 g/mol. The molecule has 1 atom stereocenters. The van der Waals surface area contributed by atoms with E-state index in [-0.39, 0.29) is 11.8 Å². The predicted octanol–water partition coefficient (Wildman–Crippen LogP) is 4.90. The molecule has 0 unspecified atom stereocenters. The first-order valence-electron chi connectivity index (χ1n) is 11.1. The summed E-state index contributed by atoms with van der Waals surface area (Å²) in [6.07, 6.45) is 1.54. The van der Waals surface area contributed by atoms with Crippen molar-refractivity contribution in [3.05, 3.63) is 95.1 Å². The van der Waals surface area contributed by atoms with Crippen molar-refractivity contribution in [3.8, 4) is 0 Å². The van der Waals surface area contributed by atoms with E-state index in [4.69, 9.17) is 0 Å². The monoisotopic (exact) mass is 427 g/mol. The number of carbonyl (C=O) groups is 2. The Bertz CT molecular complexity index is 1090. The fourth-order valence-corrected chi connectivity index (χ4v) is 4.02. The molecule has 1 heterocycles. The highest BCUT2D eigenvalue weighted by Gasteiger charge is 2.22. The van der Waals surface area contributed by atoms with E-state index in [1.54, 1.807) is 0 Å². The zero-order valence-electron chi connectivity index (χ0n) is 18.6. The van der Waals surface area contributed by atoms with E-state index in [1.165, 1.54) is 0 Å². The van der Waals surface area contributed by atoms with E-state index >= 15 is 0 Å². The van der Waals surface area contributed by atoms with Gasteiger partial charge in [-0.15, -0.1) is 0 Å². The lowest BCUT2D eigenvalue weighted by molar-refractivity contribution is -0.118. The van der Waals surface area contributed by atoms with E-state index in [1.807, 2.05) is 91.5 Å². The molecule has 0 aliphatic carbocycles. The summed E-state index contributed by atoms with van der Waals surface area (Å²) in [5.74, 6) is 0.0901. The van der Waals surface area contributed by atoms with Gasteiger partial charge < -0.3 is 10.2 Å². The maximum atomic E-state index is 13.2. The van der Waals surface area contributed by atoms with Gasteiger partial charge in [0, 0.05) is 30.9 Å². The Morgan fingerprint density at radius 2 is 1.75 bits per heavy atom. The molecule has 0 bridgehead atoms. The molecule has 0 saturated carbocycles. The molecule has 0 spiro atoms. The highest BCUT2D eigenvalue weighted by molar-refractivity contribution is 5.96. The summed E-state index contributed by atoms with van der Waals surface area (Å²) >= 11 is 0. The topological polar surface area (TPSA) is 61.4 Å². The van der Waals surface area contributed by atoms with Crippen LogP contribution in [0, 0.1) is 13.8 Å². The Labute approximate surface area is 189 Å². The molecule has 2 amide bonds. The number of nitrogens with zero attached hydrogens (tertiary/aromatic N) is 1. The van der Waals surface area contributed by atoms with Gasteiger partial charge in [0.15, 0.2) is 0 Å². The van der Waals surface area contributed by atoms with Gasteiger partial charge in [0.05, 0.1) is 0 Å². The second-order valence-electron chi connectivity index (χ2n) is 8.35. The van der Waals surface area contributed by atoms with Gasteiger partial charge in [-0.05, 0) is 60.7 Å². The summed E-state index contributed by atoms with van der Waals surface area (Å²) < 4.78 is 0. The molecule has 5 nitrogen and oxygen atoms in total. The van der Waals surface area contributed by atoms with Crippen molar-refractivity contribution in [2.24, 2.45) is 0 Å². The Balaban J connectivity index is 1.48. The number of nitrogens with one attached hydrogen (secondary N) is 2. The molecule has 1 aliphatic rings. The quantitative estimate of drug-likeness (QED) is 0.564. The van der Waals surface area contributed by atoms with Crippen LogP contribution in [0.3, 0.4) is 0 Å². The number of rotatable bonds is 7. The van der Waals surface area contributed by atoms with Gasteiger partial charge in [-0.2, -0.15) is 0 Å². The third-order valence-electron chi connectivity index (χ3n) is 5.88. The second kappa shape index (κ2) is 9.79. The summed E-state index contributed by atoms with van der Waals surface area (Å²) in [6, 6.07) is 23.3. The molecule has 3 aromatic carbocycles. The van der Waals surface area contributed by atoms with Crippen LogP contribution in [0.2, 0.25) is 0 Å². The Hall–Kier alpha value is -3.44. The van der Waals surface area contributed by atoms with Gasteiger partial charge in [0.25, 0.3) is 0 Å². The summed E-state index contributed by atoms with van der Waals surface area (Å²) in [4.78, 5) is 27.0. The third kappa shape index (κ3) is 5.06. The number of anilines is 2. The van der Waals surface area contributed by atoms with Crippen LogP contribution in [0.15, 0.2) is 72.8 Å². The minimum atomic E-state index is -0.490. The average Bonchev–Trinajstić information content (AvgIpc) is 3.23. The second-order valence-corrected chi connectivity index (χ2v) is 8.35. The van der Waals surface area contributed by atoms with Crippen molar-refractivity contribution in [3.63, 3.8) is 0 Å². The molecule has 1 aliphatic heterocycles. The number of amides is 2. The van der Waals surface area contributed by atoms with Crippen LogP contribution >= 0.6 is 0 Å². The number of benzene rings is 3. The molecular formula is C27H29N3O2. The van der Waals surface area contributed by atoms with E-state index in [0.29, 0.717) is 13.0 Å². The highest BCUT2D eigenvalue weighted by Crippen LogP contribution is 2.23. The Morgan fingerprint density at radius 3 is 2.44 bits per heavy atom. The molecule has 32 heavy (non-hydrogen) atoms. The molecule has 164 valence electrons. The Kier molecular flexibility index (Phi) is 6.66. The number of hydrogen-bond donors (Lipinski definition) is 2. The summed E-state index contributed by atoms with van der Waals surface area (Å²) in [5.41, 5.74) is 5.87. The molecule has 0 aromatic heterocycles. The summed E-state index contributed by atoms with van der Waals surface area (Å²) in [7, 11) is 0. The normalized spacial score (nSPS) is 14.4. The lowest BCUT2D eigenvalue weighted by Gasteiger charge is -2.20. The first-order valence-corrected chi connectivity index (χ1v) is 11.1. The van der Waals surface area contributed by atoms with Crippen molar-refractivity contribution in [1.29, 1.82) is 0 Å². The van der Waals surface area contributed by atoms with Gasteiger partial charge in [0.2, 0.25) is 11.8 Å². The number of carbonyl (C=O) groups excluding carboxylic acids is 2. The SMILES string of the molecule is Cc1ccc(C)c(NC(=O)[C@@H](NCc2ccc(N3CCCC3=O)cc2)c2ccccc2)c1. The number of hydrogen-bond acceptors (Lipinski definition) is 3. The van der Waals surface area contributed by atoms with Crippen LogP contribution in [-0.4, -0.2) is 18.4 Å². The molecule has 0 radical (unpaired) electrons. The van der Waals surface area contributed by atoms with Crippen LogP contribution in [0.5, 0.6) is 0 Å². The van der Waals surface area contributed by atoms with Crippen LogP contribution in [-0.2, 0) is 16.1 Å².